The summed E-state index contributed by atoms with van der Waals surface area (Å²) in [6.07, 6.45) is 2.51. The number of benzene rings is 1. The number of likely N-dealkylation sites (N-methyl/N-ethyl adjacent to an activating group) is 1. The Kier molecular flexibility index (Phi) is 4.03. The van der Waals surface area contributed by atoms with Gasteiger partial charge in [-0.1, -0.05) is 15.9 Å². The number of likely N-dealkylation sites (tertiary alicyclic amines) is 1. The Hall–Kier alpha value is -1.05. The number of hydrogen-bond donors (Lipinski definition) is 1. The normalized spacial score (nSPS) is 20.2. The topological polar surface area (TPSA) is 39.1 Å². The highest BCUT2D eigenvalue weighted by molar-refractivity contribution is 9.10. The van der Waals surface area contributed by atoms with E-state index in [4.69, 9.17) is 5.26 Å². The predicted octanol–water partition coefficient (Wildman–Crippen LogP) is 2.83. The van der Waals surface area contributed by atoms with Gasteiger partial charge in [-0.05, 0) is 44.6 Å². The molecule has 0 bridgehead atoms. The molecule has 90 valence electrons. The van der Waals surface area contributed by atoms with E-state index in [1.807, 2.05) is 18.2 Å². The molecule has 1 heterocycles. The Balaban J connectivity index is 2.01. The van der Waals surface area contributed by atoms with Crippen LogP contribution in [0.4, 0.5) is 5.69 Å². The zero-order valence-electron chi connectivity index (χ0n) is 9.91. The van der Waals surface area contributed by atoms with Crippen LogP contribution in [0.15, 0.2) is 22.7 Å². The first-order valence-corrected chi connectivity index (χ1v) is 6.64. The van der Waals surface area contributed by atoms with Gasteiger partial charge in [0.05, 0.1) is 11.3 Å². The molecule has 0 amide bonds. The molecule has 1 unspecified atom stereocenters. The average molecular weight is 294 g/mol. The van der Waals surface area contributed by atoms with Crippen molar-refractivity contribution in [3.8, 4) is 6.07 Å². The molecule has 3 nitrogen and oxygen atoms in total. The number of nitriles is 1. The smallest absolute Gasteiger partial charge is 0.101 e. The van der Waals surface area contributed by atoms with Crippen LogP contribution in [0.25, 0.3) is 0 Å². The summed E-state index contributed by atoms with van der Waals surface area (Å²) in [6, 6.07) is 8.57. The Morgan fingerprint density at radius 1 is 1.59 bits per heavy atom. The van der Waals surface area contributed by atoms with Crippen LogP contribution in [0.3, 0.4) is 0 Å². The van der Waals surface area contributed by atoms with E-state index < -0.39 is 0 Å². The van der Waals surface area contributed by atoms with Crippen LogP contribution in [0, 0.1) is 11.3 Å². The van der Waals surface area contributed by atoms with E-state index in [-0.39, 0.29) is 0 Å². The molecule has 1 N–H and O–H groups in total. The molecule has 1 atom stereocenters. The molecule has 0 aromatic heterocycles. The molecule has 2 rings (SSSR count). The number of rotatable bonds is 3. The van der Waals surface area contributed by atoms with E-state index in [2.05, 4.69) is 39.3 Å². The SMILES string of the molecule is CN1CCCC1CNc1ccc(Br)cc1C#N. The van der Waals surface area contributed by atoms with Gasteiger partial charge in [0.1, 0.15) is 6.07 Å². The second-order valence-corrected chi connectivity index (χ2v) is 5.37. The number of nitrogens with zero attached hydrogens (tertiary/aromatic N) is 2. The monoisotopic (exact) mass is 293 g/mol. The quantitative estimate of drug-likeness (QED) is 0.931. The van der Waals surface area contributed by atoms with Crippen LogP contribution in [0.5, 0.6) is 0 Å². The van der Waals surface area contributed by atoms with Gasteiger partial charge in [-0.2, -0.15) is 5.26 Å². The second kappa shape index (κ2) is 5.52. The third kappa shape index (κ3) is 2.99. The van der Waals surface area contributed by atoms with E-state index in [1.54, 1.807) is 0 Å². The first kappa shape index (κ1) is 12.4. The van der Waals surface area contributed by atoms with Crippen molar-refractivity contribution in [1.82, 2.24) is 4.90 Å². The van der Waals surface area contributed by atoms with Crippen molar-refractivity contribution in [3.63, 3.8) is 0 Å². The zero-order chi connectivity index (χ0) is 12.3. The summed E-state index contributed by atoms with van der Waals surface area (Å²) in [5, 5.41) is 12.4. The molecule has 17 heavy (non-hydrogen) atoms. The second-order valence-electron chi connectivity index (χ2n) is 4.46. The van der Waals surface area contributed by atoms with Crippen LogP contribution < -0.4 is 5.32 Å². The fourth-order valence-corrected chi connectivity index (χ4v) is 2.59. The molecular formula is C13H16BrN3. The highest BCUT2D eigenvalue weighted by Gasteiger charge is 2.20. The van der Waals surface area contributed by atoms with E-state index in [1.165, 1.54) is 19.4 Å². The predicted molar refractivity (Wildman–Crippen MR) is 73.0 cm³/mol. The maximum Gasteiger partial charge on any atom is 0.101 e. The van der Waals surface area contributed by atoms with E-state index in [0.717, 1.165) is 16.7 Å². The van der Waals surface area contributed by atoms with Gasteiger partial charge >= 0.3 is 0 Å². The van der Waals surface area contributed by atoms with Gasteiger partial charge in [0.25, 0.3) is 0 Å². The van der Waals surface area contributed by atoms with Crippen molar-refractivity contribution in [2.75, 3.05) is 25.5 Å². The van der Waals surface area contributed by atoms with Crippen molar-refractivity contribution in [2.45, 2.75) is 18.9 Å². The number of hydrogen-bond acceptors (Lipinski definition) is 3. The molecule has 0 aliphatic carbocycles. The van der Waals surface area contributed by atoms with Crippen LogP contribution in [-0.4, -0.2) is 31.1 Å². The molecule has 1 saturated heterocycles. The Bertz CT molecular complexity index is 439. The van der Waals surface area contributed by atoms with Crippen LogP contribution in [-0.2, 0) is 0 Å². The van der Waals surface area contributed by atoms with Gasteiger partial charge in [-0.15, -0.1) is 0 Å². The van der Waals surface area contributed by atoms with Crippen molar-refractivity contribution < 1.29 is 0 Å². The molecule has 0 spiro atoms. The van der Waals surface area contributed by atoms with Crippen molar-refractivity contribution in [1.29, 1.82) is 5.26 Å². The van der Waals surface area contributed by atoms with Crippen LogP contribution in [0.2, 0.25) is 0 Å². The molecule has 1 aromatic rings. The summed E-state index contributed by atoms with van der Waals surface area (Å²) < 4.78 is 0.942. The summed E-state index contributed by atoms with van der Waals surface area (Å²) in [5.74, 6) is 0. The first-order chi connectivity index (χ1) is 8.20. The zero-order valence-corrected chi connectivity index (χ0v) is 11.5. The molecule has 1 aromatic carbocycles. The summed E-state index contributed by atoms with van der Waals surface area (Å²) in [7, 11) is 2.16. The van der Waals surface area contributed by atoms with E-state index in [9.17, 15) is 0 Å². The fraction of sp³-hybridized carbons (Fsp3) is 0.462. The first-order valence-electron chi connectivity index (χ1n) is 5.84. The lowest BCUT2D eigenvalue weighted by molar-refractivity contribution is 0.322. The van der Waals surface area contributed by atoms with E-state index in [0.29, 0.717) is 11.6 Å². The summed E-state index contributed by atoms with van der Waals surface area (Å²) in [6.45, 7) is 2.09. The van der Waals surface area contributed by atoms with Crippen LogP contribution >= 0.6 is 15.9 Å². The lowest BCUT2D eigenvalue weighted by Crippen LogP contribution is -2.31. The largest absolute Gasteiger partial charge is 0.382 e. The van der Waals surface area contributed by atoms with Crippen LogP contribution in [0.1, 0.15) is 18.4 Å². The molecule has 1 fully saturated rings. The lowest BCUT2D eigenvalue weighted by Gasteiger charge is -2.20. The number of anilines is 1. The third-order valence-electron chi connectivity index (χ3n) is 3.30. The highest BCUT2D eigenvalue weighted by Crippen LogP contribution is 2.21. The Labute approximate surface area is 111 Å². The number of nitrogens with one attached hydrogen (secondary N) is 1. The van der Waals surface area contributed by atoms with Gasteiger partial charge < -0.3 is 10.2 Å². The summed E-state index contributed by atoms with van der Waals surface area (Å²) >= 11 is 3.38. The molecule has 1 aliphatic heterocycles. The lowest BCUT2D eigenvalue weighted by atomic mass is 10.1. The highest BCUT2D eigenvalue weighted by atomic mass is 79.9. The third-order valence-corrected chi connectivity index (χ3v) is 3.79. The summed E-state index contributed by atoms with van der Waals surface area (Å²) in [5.41, 5.74) is 1.62. The van der Waals surface area contributed by atoms with Gasteiger partial charge in [-0.3, -0.25) is 0 Å². The number of halogens is 1. The molecule has 0 radical (unpaired) electrons. The van der Waals surface area contributed by atoms with Gasteiger partial charge in [0.15, 0.2) is 0 Å². The Morgan fingerprint density at radius 2 is 2.41 bits per heavy atom. The van der Waals surface area contributed by atoms with Crippen molar-refractivity contribution >= 4 is 21.6 Å². The maximum atomic E-state index is 9.07. The average Bonchev–Trinajstić information content (AvgIpc) is 2.73. The maximum absolute atomic E-state index is 9.07. The molecule has 4 heteroatoms. The molecule has 0 saturated carbocycles. The fourth-order valence-electron chi connectivity index (χ4n) is 2.23. The summed E-state index contributed by atoms with van der Waals surface area (Å²) in [4.78, 5) is 2.37. The van der Waals surface area contributed by atoms with E-state index >= 15 is 0 Å². The minimum absolute atomic E-state index is 0.588. The molecule has 1 aliphatic rings. The minimum Gasteiger partial charge on any atom is -0.382 e. The van der Waals surface area contributed by atoms with Gasteiger partial charge in [0.2, 0.25) is 0 Å². The Morgan fingerprint density at radius 3 is 3.06 bits per heavy atom. The molecular weight excluding hydrogens is 278 g/mol. The standard InChI is InChI=1S/C13H16BrN3/c1-17-6-2-3-12(17)9-16-13-5-4-11(14)7-10(13)8-15/h4-5,7,12,16H,2-3,6,9H2,1H3. The van der Waals surface area contributed by atoms with Crippen molar-refractivity contribution in [2.24, 2.45) is 0 Å². The van der Waals surface area contributed by atoms with Gasteiger partial charge in [0, 0.05) is 17.1 Å². The van der Waals surface area contributed by atoms with Crippen molar-refractivity contribution in [3.05, 3.63) is 28.2 Å². The van der Waals surface area contributed by atoms with Gasteiger partial charge in [-0.25, -0.2) is 0 Å². The minimum atomic E-state index is 0.588.